The fourth-order valence-electron chi connectivity index (χ4n) is 2.58. The Morgan fingerprint density at radius 2 is 1.86 bits per heavy atom. The Labute approximate surface area is 132 Å². The molecule has 0 atom stereocenters. The lowest BCUT2D eigenvalue weighted by Gasteiger charge is -2.39. The summed E-state index contributed by atoms with van der Waals surface area (Å²) in [5.41, 5.74) is -1.18. The van der Waals surface area contributed by atoms with Crippen LogP contribution in [0.3, 0.4) is 0 Å². The number of hydrogen-bond acceptors (Lipinski definition) is 5. The van der Waals surface area contributed by atoms with Gasteiger partial charge < -0.3 is 14.4 Å². The Bertz CT molecular complexity index is 440. The van der Waals surface area contributed by atoms with Crippen LogP contribution in [0.15, 0.2) is 0 Å². The Balaban J connectivity index is 2.70. The summed E-state index contributed by atoms with van der Waals surface area (Å²) in [6.07, 6.45) is 1.44. The predicted molar refractivity (Wildman–Crippen MR) is 81.0 cm³/mol. The van der Waals surface area contributed by atoms with Gasteiger partial charge in [-0.15, -0.1) is 0 Å². The molecule has 1 heterocycles. The lowest BCUT2D eigenvalue weighted by Crippen LogP contribution is -2.48. The van der Waals surface area contributed by atoms with Crippen LogP contribution in [0.25, 0.3) is 0 Å². The van der Waals surface area contributed by atoms with Crippen LogP contribution < -0.4 is 0 Å². The summed E-state index contributed by atoms with van der Waals surface area (Å²) in [5.74, 6) is -0.255. The maximum absolute atomic E-state index is 12.3. The third-order valence-electron chi connectivity index (χ3n) is 3.80. The van der Waals surface area contributed by atoms with Crippen molar-refractivity contribution in [2.45, 2.75) is 59.0 Å². The van der Waals surface area contributed by atoms with E-state index in [1.165, 1.54) is 0 Å². The van der Waals surface area contributed by atoms with Crippen molar-refractivity contribution >= 4 is 12.1 Å². The molecule has 1 saturated heterocycles. The number of rotatable bonds is 4. The van der Waals surface area contributed by atoms with Gasteiger partial charge in [0.1, 0.15) is 5.60 Å². The molecule has 1 rings (SSSR count). The smallest absolute Gasteiger partial charge is 0.410 e. The molecule has 1 aliphatic heterocycles. The minimum absolute atomic E-state index is 0.255. The average Bonchev–Trinajstić information content (AvgIpc) is 2.44. The van der Waals surface area contributed by atoms with Crippen LogP contribution in [0.4, 0.5) is 4.79 Å². The molecule has 0 unspecified atom stereocenters. The van der Waals surface area contributed by atoms with Crippen molar-refractivity contribution < 1.29 is 19.1 Å². The van der Waals surface area contributed by atoms with Crippen LogP contribution in [0, 0.1) is 16.7 Å². The minimum Gasteiger partial charge on any atom is -0.466 e. The Morgan fingerprint density at radius 3 is 2.32 bits per heavy atom. The number of nitrogens with zero attached hydrogens (tertiary/aromatic N) is 2. The van der Waals surface area contributed by atoms with Gasteiger partial charge in [-0.2, -0.15) is 5.26 Å². The van der Waals surface area contributed by atoms with Crippen LogP contribution in [0.2, 0.25) is 0 Å². The van der Waals surface area contributed by atoms with E-state index >= 15 is 0 Å². The molecule has 124 valence electrons. The van der Waals surface area contributed by atoms with E-state index in [-0.39, 0.29) is 12.1 Å². The monoisotopic (exact) mass is 310 g/mol. The van der Waals surface area contributed by atoms with Gasteiger partial charge in [0, 0.05) is 19.5 Å². The van der Waals surface area contributed by atoms with E-state index in [4.69, 9.17) is 14.7 Å². The number of carbonyl (C=O) groups excluding carboxylic acids is 2. The van der Waals surface area contributed by atoms with Crippen LogP contribution in [0.5, 0.6) is 0 Å². The first-order valence-corrected chi connectivity index (χ1v) is 7.76. The Kier molecular flexibility index (Phi) is 6.21. The summed E-state index contributed by atoms with van der Waals surface area (Å²) in [5, 5.41) is 8.80. The van der Waals surface area contributed by atoms with Gasteiger partial charge in [-0.3, -0.25) is 4.79 Å². The fraction of sp³-hybridized carbons (Fsp3) is 0.812. The molecular formula is C16H26N2O4. The van der Waals surface area contributed by atoms with Crippen molar-refractivity contribution in [3.63, 3.8) is 0 Å². The summed E-state index contributed by atoms with van der Waals surface area (Å²) in [6.45, 7) is 8.45. The van der Waals surface area contributed by atoms with Crippen molar-refractivity contribution in [1.82, 2.24) is 4.90 Å². The van der Waals surface area contributed by atoms with E-state index in [0.717, 1.165) is 0 Å². The van der Waals surface area contributed by atoms with E-state index in [9.17, 15) is 9.59 Å². The van der Waals surface area contributed by atoms with Gasteiger partial charge in [-0.25, -0.2) is 4.79 Å². The molecule has 0 radical (unpaired) electrons. The van der Waals surface area contributed by atoms with Gasteiger partial charge in [0.15, 0.2) is 0 Å². The van der Waals surface area contributed by atoms with Crippen molar-refractivity contribution in [3.8, 4) is 6.07 Å². The fourth-order valence-corrected chi connectivity index (χ4v) is 2.58. The molecular weight excluding hydrogens is 284 g/mol. The number of esters is 1. The molecule has 1 aliphatic rings. The van der Waals surface area contributed by atoms with Crippen molar-refractivity contribution in [1.29, 1.82) is 5.26 Å². The standard InChI is InChI=1S/C16H26N2O4/c1-5-21-13(19)16(7-6-10-17)8-11-18(12-9-16)14(20)22-15(2,3)4/h5-9,11-12H2,1-4H3. The van der Waals surface area contributed by atoms with Gasteiger partial charge in [-0.05, 0) is 47.0 Å². The highest BCUT2D eigenvalue weighted by Crippen LogP contribution is 2.37. The normalized spacial score (nSPS) is 17.5. The molecule has 6 nitrogen and oxygen atoms in total. The van der Waals surface area contributed by atoms with Gasteiger partial charge in [-0.1, -0.05) is 0 Å². The zero-order valence-electron chi connectivity index (χ0n) is 14.0. The molecule has 0 spiro atoms. The number of likely N-dealkylation sites (tertiary alicyclic amines) is 1. The second-order valence-corrected chi connectivity index (χ2v) is 6.63. The van der Waals surface area contributed by atoms with Crippen LogP contribution >= 0.6 is 0 Å². The summed E-state index contributed by atoms with van der Waals surface area (Å²) < 4.78 is 10.5. The van der Waals surface area contributed by atoms with E-state index in [2.05, 4.69) is 6.07 Å². The second kappa shape index (κ2) is 7.48. The number of ether oxygens (including phenoxy) is 2. The molecule has 0 bridgehead atoms. The molecule has 0 aromatic heterocycles. The molecule has 0 aromatic rings. The summed E-state index contributed by atoms with van der Waals surface area (Å²) in [7, 11) is 0. The number of hydrogen-bond donors (Lipinski definition) is 0. The highest BCUT2D eigenvalue weighted by molar-refractivity contribution is 5.77. The number of carbonyl (C=O) groups is 2. The lowest BCUT2D eigenvalue weighted by atomic mass is 9.75. The summed E-state index contributed by atoms with van der Waals surface area (Å²) >= 11 is 0. The number of amides is 1. The first-order valence-electron chi connectivity index (χ1n) is 7.76. The number of piperidine rings is 1. The molecule has 6 heteroatoms. The third kappa shape index (κ3) is 4.90. The van der Waals surface area contributed by atoms with E-state index in [1.807, 2.05) is 20.8 Å². The lowest BCUT2D eigenvalue weighted by molar-refractivity contribution is -0.159. The highest BCUT2D eigenvalue weighted by Gasteiger charge is 2.43. The molecule has 0 N–H and O–H groups in total. The Hall–Kier alpha value is -1.77. The molecule has 1 amide bonds. The second-order valence-electron chi connectivity index (χ2n) is 6.63. The minimum atomic E-state index is -0.649. The van der Waals surface area contributed by atoms with Gasteiger partial charge in [0.2, 0.25) is 0 Å². The topological polar surface area (TPSA) is 79.6 Å². The largest absolute Gasteiger partial charge is 0.466 e. The zero-order valence-corrected chi connectivity index (χ0v) is 14.0. The molecule has 0 saturated carbocycles. The van der Waals surface area contributed by atoms with E-state index in [1.54, 1.807) is 11.8 Å². The Morgan fingerprint density at radius 1 is 1.27 bits per heavy atom. The zero-order chi connectivity index (χ0) is 16.8. The third-order valence-corrected chi connectivity index (χ3v) is 3.80. The van der Waals surface area contributed by atoms with Crippen molar-refractivity contribution in [2.75, 3.05) is 19.7 Å². The van der Waals surface area contributed by atoms with Crippen molar-refractivity contribution in [3.05, 3.63) is 0 Å². The average molecular weight is 310 g/mol. The number of nitriles is 1. The van der Waals surface area contributed by atoms with Gasteiger partial charge in [0.05, 0.1) is 18.1 Å². The van der Waals surface area contributed by atoms with E-state index in [0.29, 0.717) is 45.4 Å². The van der Waals surface area contributed by atoms with Crippen molar-refractivity contribution in [2.24, 2.45) is 5.41 Å². The molecule has 0 aromatic carbocycles. The quantitative estimate of drug-likeness (QED) is 0.746. The first kappa shape index (κ1) is 18.3. The van der Waals surface area contributed by atoms with Crippen LogP contribution in [-0.4, -0.2) is 42.3 Å². The van der Waals surface area contributed by atoms with Crippen LogP contribution in [0.1, 0.15) is 53.4 Å². The van der Waals surface area contributed by atoms with Crippen LogP contribution in [-0.2, 0) is 14.3 Å². The molecule has 0 aliphatic carbocycles. The SMILES string of the molecule is CCOC(=O)C1(CCC#N)CCN(C(=O)OC(C)(C)C)CC1. The highest BCUT2D eigenvalue weighted by atomic mass is 16.6. The first-order chi connectivity index (χ1) is 10.2. The maximum Gasteiger partial charge on any atom is 0.410 e. The summed E-state index contributed by atoms with van der Waals surface area (Å²) in [4.78, 5) is 26.0. The van der Waals surface area contributed by atoms with Gasteiger partial charge >= 0.3 is 12.1 Å². The predicted octanol–water partition coefficient (Wildman–Crippen LogP) is 2.87. The maximum atomic E-state index is 12.3. The summed E-state index contributed by atoms with van der Waals surface area (Å²) in [6, 6.07) is 2.09. The van der Waals surface area contributed by atoms with E-state index < -0.39 is 11.0 Å². The molecule has 22 heavy (non-hydrogen) atoms. The molecule has 1 fully saturated rings. The van der Waals surface area contributed by atoms with Gasteiger partial charge in [0.25, 0.3) is 0 Å².